The summed E-state index contributed by atoms with van der Waals surface area (Å²) < 4.78 is 0. The summed E-state index contributed by atoms with van der Waals surface area (Å²) >= 11 is 0. The molecule has 0 bridgehead atoms. The van der Waals surface area contributed by atoms with Crippen LogP contribution in [0.2, 0.25) is 0 Å². The molecule has 1 aliphatic rings. The van der Waals surface area contributed by atoms with Crippen molar-refractivity contribution in [2.24, 2.45) is 11.7 Å². The van der Waals surface area contributed by atoms with Crippen molar-refractivity contribution in [1.29, 1.82) is 0 Å². The zero-order chi connectivity index (χ0) is 6.69. The first-order valence-corrected chi connectivity index (χ1v) is 4.04. The van der Waals surface area contributed by atoms with Gasteiger partial charge in [-0.1, -0.05) is 19.8 Å². The highest BCUT2D eigenvalue weighted by Gasteiger charge is 2.11. The molecule has 1 heteroatoms. The fourth-order valence-electron chi connectivity index (χ4n) is 1.52. The molecule has 1 saturated carbocycles. The Morgan fingerprint density at radius 1 is 1.11 bits per heavy atom. The average molecular weight is 127 g/mol. The predicted octanol–water partition coefficient (Wildman–Crippen LogP) is 1.91. The number of hydrogen-bond acceptors (Lipinski definition) is 1. The summed E-state index contributed by atoms with van der Waals surface area (Å²) in [6.07, 6.45) is 6.60. The molecule has 1 aliphatic carbocycles. The van der Waals surface area contributed by atoms with E-state index in [1.54, 1.807) is 0 Å². The van der Waals surface area contributed by atoms with E-state index in [1.807, 2.05) is 0 Å². The quantitative estimate of drug-likeness (QED) is 0.494. The molecule has 0 aromatic heterocycles. The molecule has 0 heterocycles. The molecule has 0 radical (unpaired) electrons. The fraction of sp³-hybridized carbons (Fsp3) is 1.00. The molecule has 0 aliphatic heterocycles. The lowest BCUT2D eigenvalue weighted by Gasteiger charge is -2.05. The molecular formula is C8H17N. The van der Waals surface area contributed by atoms with E-state index in [4.69, 9.17) is 5.73 Å². The smallest absolute Gasteiger partial charge is 0.00389 e. The summed E-state index contributed by atoms with van der Waals surface area (Å²) in [6, 6.07) is 0.509. The third-order valence-corrected chi connectivity index (χ3v) is 2.30. The second-order valence-corrected chi connectivity index (χ2v) is 3.37. The first-order valence-electron chi connectivity index (χ1n) is 4.04. The number of nitrogens with two attached hydrogens (primary N) is 1. The Morgan fingerprint density at radius 2 is 1.89 bits per heavy atom. The molecule has 1 fully saturated rings. The van der Waals surface area contributed by atoms with Gasteiger partial charge in [-0.3, -0.25) is 0 Å². The first kappa shape index (κ1) is 7.07. The van der Waals surface area contributed by atoms with Crippen LogP contribution in [-0.4, -0.2) is 6.04 Å². The van der Waals surface area contributed by atoms with Crippen molar-refractivity contribution in [1.82, 2.24) is 0 Å². The Labute approximate surface area is 57.6 Å². The minimum Gasteiger partial charge on any atom is -0.328 e. The Morgan fingerprint density at radius 3 is 2.67 bits per heavy atom. The van der Waals surface area contributed by atoms with E-state index in [9.17, 15) is 0 Å². The molecule has 0 aromatic carbocycles. The highest BCUT2D eigenvalue weighted by Crippen LogP contribution is 2.20. The van der Waals surface area contributed by atoms with Gasteiger partial charge in [0.05, 0.1) is 0 Å². The molecule has 2 N–H and O–H groups in total. The molecule has 1 nitrogen and oxygen atoms in total. The van der Waals surface area contributed by atoms with Gasteiger partial charge in [0, 0.05) is 6.04 Å². The van der Waals surface area contributed by atoms with Crippen LogP contribution in [0.25, 0.3) is 0 Å². The van der Waals surface area contributed by atoms with E-state index >= 15 is 0 Å². The lowest BCUT2D eigenvalue weighted by molar-refractivity contribution is 0.499. The lowest BCUT2D eigenvalue weighted by Crippen LogP contribution is -2.17. The summed E-state index contributed by atoms with van der Waals surface area (Å²) in [5.74, 6) is 0.929. The van der Waals surface area contributed by atoms with Crippen LogP contribution >= 0.6 is 0 Å². The molecule has 0 unspecified atom stereocenters. The van der Waals surface area contributed by atoms with E-state index in [0.717, 1.165) is 5.92 Å². The van der Waals surface area contributed by atoms with Crippen LogP contribution in [0.15, 0.2) is 0 Å². The summed E-state index contributed by atoms with van der Waals surface area (Å²) in [5, 5.41) is 0. The third-order valence-electron chi connectivity index (χ3n) is 2.30. The maximum atomic E-state index is 5.80. The van der Waals surface area contributed by atoms with Crippen LogP contribution in [0.4, 0.5) is 0 Å². The van der Waals surface area contributed by atoms with Gasteiger partial charge in [0.2, 0.25) is 0 Å². The van der Waals surface area contributed by atoms with Crippen LogP contribution < -0.4 is 5.73 Å². The summed E-state index contributed by atoms with van der Waals surface area (Å²) in [7, 11) is 0. The predicted molar refractivity (Wildman–Crippen MR) is 40.2 cm³/mol. The van der Waals surface area contributed by atoms with Crippen LogP contribution in [0, 0.1) is 5.92 Å². The van der Waals surface area contributed by atoms with Crippen LogP contribution in [-0.2, 0) is 0 Å². The second kappa shape index (κ2) is 3.21. The topological polar surface area (TPSA) is 26.0 Å². The molecular weight excluding hydrogens is 110 g/mol. The Hall–Kier alpha value is -0.0400. The monoisotopic (exact) mass is 127 g/mol. The zero-order valence-corrected chi connectivity index (χ0v) is 6.27. The average Bonchev–Trinajstić information content (AvgIpc) is 1.97. The molecule has 2 atom stereocenters. The third kappa shape index (κ3) is 2.35. The van der Waals surface area contributed by atoms with Gasteiger partial charge >= 0.3 is 0 Å². The highest BCUT2D eigenvalue weighted by molar-refractivity contribution is 4.69. The van der Waals surface area contributed by atoms with Gasteiger partial charge in [0.15, 0.2) is 0 Å². The van der Waals surface area contributed by atoms with E-state index in [-0.39, 0.29) is 0 Å². The Kier molecular flexibility index (Phi) is 2.52. The summed E-state index contributed by atoms with van der Waals surface area (Å²) in [6.45, 7) is 2.33. The van der Waals surface area contributed by atoms with E-state index in [2.05, 4.69) is 6.92 Å². The number of hydrogen-bond donors (Lipinski definition) is 1. The Balaban J connectivity index is 2.25. The minimum atomic E-state index is 0.509. The van der Waals surface area contributed by atoms with E-state index in [0.29, 0.717) is 6.04 Å². The van der Waals surface area contributed by atoms with Crippen molar-refractivity contribution in [3.05, 3.63) is 0 Å². The molecule has 54 valence electrons. The standard InChI is InChI=1S/C8H17N/c1-7-3-2-4-8(9)6-5-7/h7-8H,2-6,9H2,1H3/t7-,8-/m1/s1. The van der Waals surface area contributed by atoms with E-state index < -0.39 is 0 Å². The summed E-state index contributed by atoms with van der Waals surface area (Å²) in [4.78, 5) is 0. The van der Waals surface area contributed by atoms with Crippen molar-refractivity contribution in [2.45, 2.75) is 45.1 Å². The van der Waals surface area contributed by atoms with Gasteiger partial charge in [-0.15, -0.1) is 0 Å². The molecule has 0 spiro atoms. The van der Waals surface area contributed by atoms with Crippen LogP contribution in [0.5, 0.6) is 0 Å². The van der Waals surface area contributed by atoms with Crippen LogP contribution in [0.3, 0.4) is 0 Å². The van der Waals surface area contributed by atoms with Crippen molar-refractivity contribution in [3.8, 4) is 0 Å². The SMILES string of the molecule is C[C@@H]1CCC[C@@H](N)CC1. The molecule has 0 saturated heterocycles. The fourth-order valence-corrected chi connectivity index (χ4v) is 1.52. The van der Waals surface area contributed by atoms with Gasteiger partial charge < -0.3 is 5.73 Å². The van der Waals surface area contributed by atoms with Crippen molar-refractivity contribution in [2.75, 3.05) is 0 Å². The van der Waals surface area contributed by atoms with Crippen molar-refractivity contribution >= 4 is 0 Å². The van der Waals surface area contributed by atoms with Gasteiger partial charge in [-0.2, -0.15) is 0 Å². The van der Waals surface area contributed by atoms with Crippen LogP contribution in [0.1, 0.15) is 39.0 Å². The number of rotatable bonds is 0. The zero-order valence-electron chi connectivity index (χ0n) is 6.27. The molecule has 0 aromatic rings. The largest absolute Gasteiger partial charge is 0.328 e. The van der Waals surface area contributed by atoms with Crippen molar-refractivity contribution < 1.29 is 0 Å². The van der Waals surface area contributed by atoms with Gasteiger partial charge in [-0.05, 0) is 25.2 Å². The van der Waals surface area contributed by atoms with Gasteiger partial charge in [0.1, 0.15) is 0 Å². The van der Waals surface area contributed by atoms with Gasteiger partial charge in [-0.25, -0.2) is 0 Å². The molecule has 0 amide bonds. The lowest BCUT2D eigenvalue weighted by atomic mass is 10.0. The highest BCUT2D eigenvalue weighted by atomic mass is 14.6. The second-order valence-electron chi connectivity index (χ2n) is 3.37. The van der Waals surface area contributed by atoms with Crippen molar-refractivity contribution in [3.63, 3.8) is 0 Å². The Bertz CT molecular complexity index is 70.6. The minimum absolute atomic E-state index is 0.509. The maximum Gasteiger partial charge on any atom is 0.00389 e. The normalized spacial score (nSPS) is 38.0. The molecule has 1 rings (SSSR count). The van der Waals surface area contributed by atoms with Gasteiger partial charge in [0.25, 0.3) is 0 Å². The summed E-state index contributed by atoms with van der Waals surface area (Å²) in [5.41, 5.74) is 5.80. The van der Waals surface area contributed by atoms with E-state index in [1.165, 1.54) is 32.1 Å². The molecule has 9 heavy (non-hydrogen) atoms. The first-order chi connectivity index (χ1) is 4.29. The maximum absolute atomic E-state index is 5.80.